The fourth-order valence-corrected chi connectivity index (χ4v) is 3.19. The molecule has 0 saturated carbocycles. The van der Waals surface area contributed by atoms with Crippen LogP contribution in [-0.2, 0) is 0 Å². The zero-order chi connectivity index (χ0) is 18.3. The first-order valence-electron chi connectivity index (χ1n) is 7.78. The number of ether oxygens (including phenoxy) is 1. The Hall–Kier alpha value is -2.93. The molecule has 0 bridgehead atoms. The lowest BCUT2D eigenvalue weighted by Gasteiger charge is -2.05. The summed E-state index contributed by atoms with van der Waals surface area (Å²) in [6.07, 6.45) is 0. The van der Waals surface area contributed by atoms with E-state index >= 15 is 0 Å². The predicted octanol–water partition coefficient (Wildman–Crippen LogP) is 4.59. The lowest BCUT2D eigenvalue weighted by Crippen LogP contribution is -2.03. The van der Waals surface area contributed by atoms with E-state index in [4.69, 9.17) is 13.7 Å². The van der Waals surface area contributed by atoms with Crippen molar-refractivity contribution in [3.05, 3.63) is 62.9 Å². The summed E-state index contributed by atoms with van der Waals surface area (Å²) in [6.45, 7) is 1.96. The van der Waals surface area contributed by atoms with E-state index in [1.54, 1.807) is 12.1 Å². The number of benzene rings is 2. The van der Waals surface area contributed by atoms with Gasteiger partial charge in [-0.05, 0) is 30.7 Å². The van der Waals surface area contributed by atoms with Gasteiger partial charge in [0.05, 0.1) is 7.11 Å². The molecule has 0 aliphatic heterocycles. The quantitative estimate of drug-likeness (QED) is 0.457. The van der Waals surface area contributed by atoms with E-state index < -0.39 is 5.63 Å². The van der Waals surface area contributed by atoms with Gasteiger partial charge in [0.2, 0.25) is 5.82 Å². The number of fused-ring (bicyclic) bond motifs is 1. The minimum atomic E-state index is -0.571. The van der Waals surface area contributed by atoms with Crippen molar-refractivity contribution in [2.75, 3.05) is 7.11 Å². The summed E-state index contributed by atoms with van der Waals surface area (Å²) >= 11 is 3.41. The second kappa shape index (κ2) is 6.42. The Morgan fingerprint density at radius 2 is 1.92 bits per heavy atom. The molecule has 2 aromatic carbocycles. The van der Waals surface area contributed by atoms with Crippen LogP contribution in [0.1, 0.15) is 5.56 Å². The van der Waals surface area contributed by atoms with E-state index in [0.717, 1.165) is 15.6 Å². The summed E-state index contributed by atoms with van der Waals surface area (Å²) in [5, 5.41) is 4.68. The van der Waals surface area contributed by atoms with Crippen molar-refractivity contribution in [2.24, 2.45) is 0 Å². The van der Waals surface area contributed by atoms with Crippen LogP contribution in [0.2, 0.25) is 0 Å². The maximum Gasteiger partial charge on any atom is 0.349 e. The zero-order valence-electron chi connectivity index (χ0n) is 13.9. The summed E-state index contributed by atoms with van der Waals surface area (Å²) in [5.74, 6) is 0.992. The molecule has 0 fully saturated rings. The van der Waals surface area contributed by atoms with Gasteiger partial charge in [0.15, 0.2) is 11.3 Å². The van der Waals surface area contributed by atoms with Crippen LogP contribution in [0, 0.1) is 6.92 Å². The summed E-state index contributed by atoms with van der Waals surface area (Å²) in [6, 6.07) is 12.9. The first-order chi connectivity index (χ1) is 12.6. The lowest BCUT2D eigenvalue weighted by molar-refractivity contribution is 0.405. The fourth-order valence-electron chi connectivity index (χ4n) is 2.73. The number of aromatic nitrogens is 2. The molecule has 6 nitrogen and oxygen atoms in total. The van der Waals surface area contributed by atoms with Crippen LogP contribution < -0.4 is 10.4 Å². The van der Waals surface area contributed by atoms with Gasteiger partial charge in [0, 0.05) is 15.4 Å². The molecule has 0 unspecified atom stereocenters. The van der Waals surface area contributed by atoms with Crippen molar-refractivity contribution in [3.8, 4) is 28.6 Å². The molecule has 0 saturated heterocycles. The fraction of sp³-hybridized carbons (Fsp3) is 0.105. The molecular weight excluding hydrogens is 400 g/mol. The van der Waals surface area contributed by atoms with Crippen molar-refractivity contribution >= 4 is 26.9 Å². The molecule has 4 aromatic rings. The lowest BCUT2D eigenvalue weighted by atomic mass is 10.1. The Balaban J connectivity index is 1.87. The molecular formula is C19H13BrN2O4. The average molecular weight is 413 g/mol. The number of rotatable bonds is 3. The predicted molar refractivity (Wildman–Crippen MR) is 100 cm³/mol. The average Bonchev–Trinajstić information content (AvgIpc) is 3.11. The van der Waals surface area contributed by atoms with Crippen LogP contribution in [0.5, 0.6) is 5.75 Å². The van der Waals surface area contributed by atoms with Gasteiger partial charge in [-0.15, -0.1) is 0 Å². The highest BCUT2D eigenvalue weighted by Crippen LogP contribution is 2.31. The Bertz CT molecular complexity index is 1180. The summed E-state index contributed by atoms with van der Waals surface area (Å²) in [4.78, 5) is 16.8. The highest BCUT2D eigenvalue weighted by Gasteiger charge is 2.18. The van der Waals surface area contributed by atoms with Gasteiger partial charge in [-0.2, -0.15) is 4.98 Å². The maximum absolute atomic E-state index is 12.4. The standard InChI is InChI=1S/C19H13BrN2O4/c1-10-5-3-4-6-13(10)17-21-18(26-22-17)14-8-11-7-12(20)9-15(24-2)16(11)25-19(14)23/h3-9H,1-2H3. The van der Waals surface area contributed by atoms with Crippen LogP contribution in [0.3, 0.4) is 0 Å². The first-order valence-corrected chi connectivity index (χ1v) is 8.57. The molecule has 7 heteroatoms. The second-order valence-corrected chi connectivity index (χ2v) is 6.63. The van der Waals surface area contributed by atoms with Crippen molar-refractivity contribution in [3.63, 3.8) is 0 Å². The molecule has 0 aliphatic carbocycles. The van der Waals surface area contributed by atoms with Gasteiger partial charge in [-0.1, -0.05) is 45.4 Å². The van der Waals surface area contributed by atoms with E-state index in [1.165, 1.54) is 7.11 Å². The molecule has 0 amide bonds. The van der Waals surface area contributed by atoms with Crippen molar-refractivity contribution in [1.29, 1.82) is 0 Å². The third kappa shape index (κ3) is 2.80. The molecule has 2 aromatic heterocycles. The monoisotopic (exact) mass is 412 g/mol. The normalized spacial score (nSPS) is 11.0. The minimum absolute atomic E-state index is 0.109. The largest absolute Gasteiger partial charge is 0.493 e. The van der Waals surface area contributed by atoms with Gasteiger partial charge < -0.3 is 13.7 Å². The molecule has 2 heterocycles. The SMILES string of the molecule is COc1cc(Br)cc2cc(-c3nc(-c4ccccc4C)no3)c(=O)oc12. The third-order valence-corrected chi connectivity index (χ3v) is 4.48. The van der Waals surface area contributed by atoms with E-state index in [2.05, 4.69) is 26.1 Å². The third-order valence-electron chi connectivity index (χ3n) is 4.03. The maximum atomic E-state index is 12.4. The molecule has 0 atom stereocenters. The number of nitrogens with zero attached hydrogens (tertiary/aromatic N) is 2. The Kier molecular flexibility index (Phi) is 4.08. The number of methoxy groups -OCH3 is 1. The molecule has 0 aliphatic rings. The Morgan fingerprint density at radius 1 is 1.12 bits per heavy atom. The van der Waals surface area contributed by atoms with Crippen LogP contribution in [0.4, 0.5) is 0 Å². The van der Waals surface area contributed by atoms with E-state index in [1.807, 2.05) is 37.3 Å². The number of halogens is 1. The summed E-state index contributed by atoms with van der Waals surface area (Å²) in [5.41, 5.74) is 1.85. The van der Waals surface area contributed by atoms with Gasteiger partial charge in [0.1, 0.15) is 5.56 Å². The van der Waals surface area contributed by atoms with Crippen LogP contribution in [0.25, 0.3) is 33.8 Å². The topological polar surface area (TPSA) is 78.4 Å². The number of aryl methyl sites for hydroxylation is 1. The minimum Gasteiger partial charge on any atom is -0.493 e. The second-order valence-electron chi connectivity index (χ2n) is 5.71. The molecule has 4 rings (SSSR count). The molecule has 26 heavy (non-hydrogen) atoms. The smallest absolute Gasteiger partial charge is 0.349 e. The van der Waals surface area contributed by atoms with E-state index in [-0.39, 0.29) is 11.5 Å². The van der Waals surface area contributed by atoms with Gasteiger partial charge in [0.25, 0.3) is 5.89 Å². The van der Waals surface area contributed by atoms with Gasteiger partial charge >= 0.3 is 5.63 Å². The molecule has 0 N–H and O–H groups in total. The highest BCUT2D eigenvalue weighted by molar-refractivity contribution is 9.10. The van der Waals surface area contributed by atoms with E-state index in [0.29, 0.717) is 22.5 Å². The molecule has 130 valence electrons. The van der Waals surface area contributed by atoms with Crippen molar-refractivity contribution < 1.29 is 13.7 Å². The Labute approximate surface area is 156 Å². The number of hydrogen-bond donors (Lipinski definition) is 0. The zero-order valence-corrected chi connectivity index (χ0v) is 15.5. The van der Waals surface area contributed by atoms with Crippen molar-refractivity contribution in [1.82, 2.24) is 10.1 Å². The van der Waals surface area contributed by atoms with E-state index in [9.17, 15) is 4.79 Å². The van der Waals surface area contributed by atoms with Gasteiger partial charge in [-0.25, -0.2) is 4.79 Å². The first kappa shape index (κ1) is 16.5. The molecule has 0 spiro atoms. The Morgan fingerprint density at radius 3 is 2.69 bits per heavy atom. The number of hydrogen-bond acceptors (Lipinski definition) is 6. The van der Waals surface area contributed by atoms with Crippen molar-refractivity contribution in [2.45, 2.75) is 6.92 Å². The molecule has 0 radical (unpaired) electrons. The summed E-state index contributed by atoms with van der Waals surface area (Å²) < 4.78 is 16.8. The summed E-state index contributed by atoms with van der Waals surface area (Å²) in [7, 11) is 1.52. The van der Waals surface area contributed by atoms with Crippen LogP contribution in [0.15, 0.2) is 60.7 Å². The van der Waals surface area contributed by atoms with Crippen LogP contribution in [-0.4, -0.2) is 17.3 Å². The van der Waals surface area contributed by atoms with Crippen LogP contribution >= 0.6 is 15.9 Å². The highest BCUT2D eigenvalue weighted by atomic mass is 79.9. The van der Waals surface area contributed by atoms with Gasteiger partial charge in [-0.3, -0.25) is 0 Å².